The summed E-state index contributed by atoms with van der Waals surface area (Å²) in [5.41, 5.74) is 0.716. The minimum Gasteiger partial charge on any atom is -0.384 e. The Morgan fingerprint density at radius 1 is 1.32 bits per heavy atom. The van der Waals surface area contributed by atoms with Crippen LogP contribution in [0.5, 0.6) is 0 Å². The van der Waals surface area contributed by atoms with Gasteiger partial charge >= 0.3 is 0 Å². The van der Waals surface area contributed by atoms with Crippen LogP contribution in [0, 0.1) is 17.7 Å². The van der Waals surface area contributed by atoms with Gasteiger partial charge in [0.05, 0.1) is 25.3 Å². The van der Waals surface area contributed by atoms with Crippen molar-refractivity contribution in [2.75, 3.05) is 39.6 Å². The van der Waals surface area contributed by atoms with Crippen LogP contribution in [0.15, 0.2) is 24.3 Å². The van der Waals surface area contributed by atoms with Gasteiger partial charge in [-0.3, -0.25) is 4.79 Å². The molecule has 0 N–H and O–H groups in total. The van der Waals surface area contributed by atoms with E-state index < -0.39 is 10.0 Å². The average Bonchev–Trinajstić information content (AvgIpc) is 3.09. The number of carbonyl (C=O) groups is 1. The Bertz CT molecular complexity index is 755. The third kappa shape index (κ3) is 3.70. The molecule has 2 heterocycles. The number of carbonyl (C=O) groups excluding carboxylic acids is 1. The standard InChI is InChI=1S/C17H23FN2O4S/c1-24-7-6-16(21)20-10-13-9-19(25(2,22)23)11-15(13)17(20)12-4-3-5-14(18)8-12/h3-5,8,13,15,17H,6-7,9-11H2,1-2H3/t13-,15-,17+/m0/s1. The predicted octanol–water partition coefficient (Wildman–Crippen LogP) is 1.25. The highest BCUT2D eigenvalue weighted by Crippen LogP contribution is 2.45. The molecule has 6 nitrogen and oxygen atoms in total. The van der Waals surface area contributed by atoms with Gasteiger partial charge in [0.2, 0.25) is 15.9 Å². The molecule has 3 atom stereocenters. The Labute approximate surface area is 147 Å². The monoisotopic (exact) mass is 370 g/mol. The summed E-state index contributed by atoms with van der Waals surface area (Å²) in [5.74, 6) is -0.364. The normalized spacial score (nSPS) is 26.8. The first-order chi connectivity index (χ1) is 11.8. The first-order valence-corrected chi connectivity index (χ1v) is 10.1. The molecule has 1 amide bonds. The SMILES string of the molecule is COCCC(=O)N1C[C@@H]2CN(S(C)(=O)=O)C[C@@H]2[C@H]1c1cccc(F)c1. The van der Waals surface area contributed by atoms with Crippen LogP contribution in [-0.2, 0) is 19.6 Å². The first kappa shape index (κ1) is 18.3. The molecule has 0 spiro atoms. The Morgan fingerprint density at radius 2 is 2.08 bits per heavy atom. The lowest BCUT2D eigenvalue weighted by atomic mass is 9.89. The molecule has 2 fully saturated rings. The molecule has 0 saturated carbocycles. The van der Waals surface area contributed by atoms with E-state index in [0.29, 0.717) is 31.8 Å². The molecule has 1 aromatic rings. The summed E-state index contributed by atoms with van der Waals surface area (Å²) in [5, 5.41) is 0. The fourth-order valence-electron chi connectivity index (χ4n) is 3.98. The van der Waals surface area contributed by atoms with Crippen molar-refractivity contribution in [2.24, 2.45) is 11.8 Å². The summed E-state index contributed by atoms with van der Waals surface area (Å²) >= 11 is 0. The maximum atomic E-state index is 13.7. The Balaban J connectivity index is 1.90. The number of ether oxygens (including phenoxy) is 1. The van der Waals surface area contributed by atoms with Gasteiger partial charge in [0.15, 0.2) is 0 Å². The van der Waals surface area contributed by atoms with Crippen molar-refractivity contribution in [1.29, 1.82) is 0 Å². The van der Waals surface area contributed by atoms with Crippen LogP contribution in [0.25, 0.3) is 0 Å². The minimum absolute atomic E-state index is 0.0250. The molecular formula is C17H23FN2O4S. The fourth-order valence-corrected chi connectivity index (χ4v) is 4.89. The van der Waals surface area contributed by atoms with E-state index in [9.17, 15) is 17.6 Å². The van der Waals surface area contributed by atoms with Gasteiger partial charge in [0.1, 0.15) is 5.82 Å². The highest BCUT2D eigenvalue weighted by atomic mass is 32.2. The summed E-state index contributed by atoms with van der Waals surface area (Å²) in [7, 11) is -1.73. The second-order valence-electron chi connectivity index (χ2n) is 6.79. The molecule has 25 heavy (non-hydrogen) atoms. The molecule has 3 rings (SSSR count). The Hall–Kier alpha value is -1.51. The van der Waals surface area contributed by atoms with Gasteiger partial charge in [-0.25, -0.2) is 17.1 Å². The van der Waals surface area contributed by atoms with Crippen molar-refractivity contribution in [3.8, 4) is 0 Å². The van der Waals surface area contributed by atoms with E-state index in [2.05, 4.69) is 0 Å². The van der Waals surface area contributed by atoms with Crippen LogP contribution in [-0.4, -0.2) is 63.1 Å². The van der Waals surface area contributed by atoms with Crippen LogP contribution in [0.1, 0.15) is 18.0 Å². The van der Waals surface area contributed by atoms with E-state index in [0.717, 1.165) is 0 Å². The van der Waals surface area contributed by atoms with Crippen LogP contribution in [0.2, 0.25) is 0 Å². The lowest BCUT2D eigenvalue weighted by molar-refractivity contribution is -0.133. The summed E-state index contributed by atoms with van der Waals surface area (Å²) in [6, 6.07) is 5.92. The third-order valence-corrected chi connectivity index (χ3v) is 6.37. The number of halogens is 1. The number of sulfonamides is 1. The molecule has 0 radical (unpaired) electrons. The number of fused-ring (bicyclic) bond motifs is 1. The van der Waals surface area contributed by atoms with Gasteiger partial charge in [0.25, 0.3) is 0 Å². The van der Waals surface area contributed by atoms with E-state index in [-0.39, 0.29) is 36.0 Å². The molecule has 2 aliphatic rings. The quantitative estimate of drug-likeness (QED) is 0.783. The van der Waals surface area contributed by atoms with Gasteiger partial charge in [-0.15, -0.1) is 0 Å². The van der Waals surface area contributed by atoms with E-state index in [4.69, 9.17) is 4.74 Å². The summed E-state index contributed by atoms with van der Waals surface area (Å²) in [6.07, 6.45) is 1.46. The third-order valence-electron chi connectivity index (χ3n) is 5.13. The number of rotatable bonds is 5. The van der Waals surface area contributed by atoms with Crippen LogP contribution >= 0.6 is 0 Å². The van der Waals surface area contributed by atoms with Gasteiger partial charge in [-0.2, -0.15) is 0 Å². The van der Waals surface area contributed by atoms with Crippen molar-refractivity contribution in [1.82, 2.24) is 9.21 Å². The lowest BCUT2D eigenvalue weighted by Crippen LogP contribution is -2.37. The van der Waals surface area contributed by atoms with Crippen molar-refractivity contribution in [3.63, 3.8) is 0 Å². The van der Waals surface area contributed by atoms with E-state index in [1.54, 1.807) is 24.1 Å². The van der Waals surface area contributed by atoms with Crippen molar-refractivity contribution in [3.05, 3.63) is 35.6 Å². The van der Waals surface area contributed by atoms with E-state index in [1.165, 1.54) is 22.7 Å². The fraction of sp³-hybridized carbons (Fsp3) is 0.588. The van der Waals surface area contributed by atoms with Gasteiger partial charge in [-0.1, -0.05) is 12.1 Å². The molecule has 1 aromatic carbocycles. The number of hydrogen-bond donors (Lipinski definition) is 0. The largest absolute Gasteiger partial charge is 0.384 e. The summed E-state index contributed by atoms with van der Waals surface area (Å²) in [6.45, 7) is 1.58. The number of amides is 1. The summed E-state index contributed by atoms with van der Waals surface area (Å²) in [4.78, 5) is 14.4. The van der Waals surface area contributed by atoms with Crippen LogP contribution in [0.3, 0.4) is 0 Å². The molecule has 0 aromatic heterocycles. The maximum Gasteiger partial charge on any atom is 0.225 e. The minimum atomic E-state index is -3.27. The second-order valence-corrected chi connectivity index (χ2v) is 8.78. The highest BCUT2D eigenvalue weighted by Gasteiger charge is 2.50. The summed E-state index contributed by atoms with van der Waals surface area (Å²) < 4.78 is 44.0. The number of benzene rings is 1. The number of methoxy groups -OCH3 is 1. The number of nitrogens with zero attached hydrogens (tertiary/aromatic N) is 2. The number of likely N-dealkylation sites (tertiary alicyclic amines) is 1. The Morgan fingerprint density at radius 3 is 2.72 bits per heavy atom. The topological polar surface area (TPSA) is 66.9 Å². The van der Waals surface area contributed by atoms with Gasteiger partial charge in [0, 0.05) is 32.7 Å². The predicted molar refractivity (Wildman–Crippen MR) is 90.7 cm³/mol. The highest BCUT2D eigenvalue weighted by molar-refractivity contribution is 7.88. The van der Waals surface area contributed by atoms with Gasteiger partial charge in [-0.05, 0) is 23.6 Å². The zero-order valence-electron chi connectivity index (χ0n) is 14.4. The first-order valence-electron chi connectivity index (χ1n) is 8.30. The maximum absolute atomic E-state index is 13.7. The zero-order valence-corrected chi connectivity index (χ0v) is 15.2. The lowest BCUT2D eigenvalue weighted by Gasteiger charge is -2.29. The van der Waals surface area contributed by atoms with E-state index >= 15 is 0 Å². The van der Waals surface area contributed by atoms with Gasteiger partial charge < -0.3 is 9.64 Å². The van der Waals surface area contributed by atoms with E-state index in [1.807, 2.05) is 0 Å². The van der Waals surface area contributed by atoms with Crippen LogP contribution in [0.4, 0.5) is 4.39 Å². The zero-order chi connectivity index (χ0) is 18.2. The van der Waals surface area contributed by atoms with Crippen molar-refractivity contribution < 1.29 is 22.3 Å². The van der Waals surface area contributed by atoms with Crippen molar-refractivity contribution in [2.45, 2.75) is 12.5 Å². The average molecular weight is 370 g/mol. The molecule has 138 valence electrons. The Kier molecular flexibility index (Phi) is 5.13. The number of hydrogen-bond acceptors (Lipinski definition) is 4. The van der Waals surface area contributed by atoms with Crippen molar-refractivity contribution >= 4 is 15.9 Å². The molecule has 8 heteroatoms. The second kappa shape index (κ2) is 7.01. The molecule has 2 aliphatic heterocycles. The molecular weight excluding hydrogens is 347 g/mol. The molecule has 2 saturated heterocycles. The van der Waals surface area contributed by atoms with Crippen LogP contribution < -0.4 is 0 Å². The molecule has 0 unspecified atom stereocenters. The smallest absolute Gasteiger partial charge is 0.225 e. The molecule has 0 bridgehead atoms. The molecule has 0 aliphatic carbocycles.